The third-order valence-corrected chi connectivity index (χ3v) is 6.61. The number of hydrogen-bond donors (Lipinski definition) is 2. The van der Waals surface area contributed by atoms with Gasteiger partial charge in [-0.25, -0.2) is 9.78 Å². The highest BCUT2D eigenvalue weighted by atomic mass is 35.5. The molecule has 0 radical (unpaired) electrons. The molecule has 0 atom stereocenters. The molecule has 1 saturated heterocycles. The number of piperidine rings is 1. The molecule has 1 aliphatic rings. The zero-order valence-corrected chi connectivity index (χ0v) is 20.2. The van der Waals surface area contributed by atoms with Crippen LogP contribution < -0.4 is 10.3 Å². The lowest BCUT2D eigenvalue weighted by molar-refractivity contribution is -0.384. The van der Waals surface area contributed by atoms with Crippen molar-refractivity contribution < 1.29 is 19.9 Å². The van der Waals surface area contributed by atoms with Gasteiger partial charge in [-0.15, -0.1) is 0 Å². The van der Waals surface area contributed by atoms with E-state index in [0.717, 1.165) is 6.07 Å². The fraction of sp³-hybridized carbons (Fsp3) is 0.375. The van der Waals surface area contributed by atoms with Crippen LogP contribution in [0.4, 0.5) is 11.5 Å². The number of carboxylic acids is 1. The summed E-state index contributed by atoms with van der Waals surface area (Å²) in [4.78, 5) is 42.1. The van der Waals surface area contributed by atoms with E-state index in [1.54, 1.807) is 33.7 Å². The zero-order valence-electron chi connectivity index (χ0n) is 19.5. The van der Waals surface area contributed by atoms with E-state index < -0.39 is 38.7 Å². The average molecular weight is 501 g/mol. The van der Waals surface area contributed by atoms with Gasteiger partial charge in [-0.2, -0.15) is 0 Å². The summed E-state index contributed by atoms with van der Waals surface area (Å²) in [7, 11) is 0. The zero-order chi connectivity index (χ0) is 25.7. The molecule has 4 rings (SSSR count). The molecule has 0 saturated carbocycles. The number of aliphatic hydroxyl groups is 1. The second-order valence-electron chi connectivity index (χ2n) is 9.70. The quantitative estimate of drug-likeness (QED) is 0.406. The summed E-state index contributed by atoms with van der Waals surface area (Å²) in [6.45, 7) is 6.02. The predicted octanol–water partition coefficient (Wildman–Crippen LogP) is 3.90. The van der Waals surface area contributed by atoms with Gasteiger partial charge in [-0.3, -0.25) is 14.9 Å². The van der Waals surface area contributed by atoms with E-state index in [2.05, 4.69) is 4.98 Å². The smallest absolute Gasteiger partial charge is 0.341 e. The van der Waals surface area contributed by atoms with Crippen molar-refractivity contribution in [2.24, 2.45) is 0 Å². The lowest BCUT2D eigenvalue weighted by Crippen LogP contribution is -2.43. The number of fused-ring (bicyclic) bond motifs is 1. The van der Waals surface area contributed by atoms with Gasteiger partial charge in [0, 0.05) is 35.9 Å². The van der Waals surface area contributed by atoms with Gasteiger partial charge in [0.2, 0.25) is 11.2 Å². The van der Waals surface area contributed by atoms with Crippen LogP contribution in [0.15, 0.2) is 41.3 Å². The van der Waals surface area contributed by atoms with Crippen molar-refractivity contribution in [3.05, 3.63) is 73.0 Å². The number of benzene rings is 1. The van der Waals surface area contributed by atoms with Gasteiger partial charge in [0.05, 0.1) is 15.9 Å². The van der Waals surface area contributed by atoms with Crippen molar-refractivity contribution in [1.29, 1.82) is 0 Å². The van der Waals surface area contributed by atoms with Gasteiger partial charge in [0.1, 0.15) is 11.2 Å². The molecule has 11 heteroatoms. The first-order chi connectivity index (χ1) is 16.3. The van der Waals surface area contributed by atoms with Crippen LogP contribution >= 0.6 is 11.6 Å². The largest absolute Gasteiger partial charge is 0.477 e. The van der Waals surface area contributed by atoms with E-state index in [1.807, 2.05) is 20.8 Å². The van der Waals surface area contributed by atoms with E-state index in [9.17, 15) is 29.9 Å². The van der Waals surface area contributed by atoms with Gasteiger partial charge in [-0.1, -0.05) is 23.7 Å². The Bertz CT molecular complexity index is 1390. The number of carboxylic acid groups (broad SMARTS) is 1. The number of anilines is 1. The molecular formula is C24H25ClN4O6. The van der Waals surface area contributed by atoms with Crippen molar-refractivity contribution in [1.82, 2.24) is 9.55 Å². The number of nitro groups is 1. The lowest BCUT2D eigenvalue weighted by atomic mass is 9.84. The molecule has 3 aromatic rings. The molecule has 2 N–H and O–H groups in total. The number of carbonyl (C=O) groups is 1. The number of hydrogen-bond acceptors (Lipinski definition) is 7. The first-order valence-corrected chi connectivity index (χ1v) is 11.4. The number of pyridine rings is 2. The summed E-state index contributed by atoms with van der Waals surface area (Å²) < 4.78 is 1.55. The van der Waals surface area contributed by atoms with E-state index in [4.69, 9.17) is 11.6 Å². The van der Waals surface area contributed by atoms with Crippen molar-refractivity contribution in [3.8, 4) is 0 Å². The van der Waals surface area contributed by atoms with E-state index in [-0.39, 0.29) is 29.9 Å². The topological polar surface area (TPSA) is 139 Å². The molecule has 0 unspecified atom stereocenters. The summed E-state index contributed by atoms with van der Waals surface area (Å²) in [6.07, 6.45) is 1.83. The Hall–Kier alpha value is -3.50. The molecule has 0 amide bonds. The van der Waals surface area contributed by atoms with Gasteiger partial charge in [0.15, 0.2) is 0 Å². The van der Waals surface area contributed by atoms with Crippen LogP contribution in [0.5, 0.6) is 0 Å². The Labute approximate surface area is 205 Å². The Morgan fingerprint density at radius 3 is 2.31 bits per heavy atom. The molecule has 10 nitrogen and oxygen atoms in total. The van der Waals surface area contributed by atoms with Crippen molar-refractivity contribution in [2.75, 3.05) is 18.0 Å². The van der Waals surface area contributed by atoms with Crippen molar-refractivity contribution >= 4 is 40.1 Å². The van der Waals surface area contributed by atoms with Crippen LogP contribution in [0.1, 0.15) is 49.5 Å². The molecule has 3 heterocycles. The minimum atomic E-state index is -1.42. The predicted molar refractivity (Wildman–Crippen MR) is 131 cm³/mol. The highest BCUT2D eigenvalue weighted by molar-refractivity contribution is 6.30. The van der Waals surface area contributed by atoms with Gasteiger partial charge in [0.25, 0.3) is 0 Å². The SMILES string of the molecule is CC(C)(C)n1cc(C(=O)O)c(=O)c2cc([N+](=O)[O-])c(N3CCC(O)(c4ccc(Cl)cc4)CC3)nc21. The fourth-order valence-electron chi connectivity index (χ4n) is 4.40. The highest BCUT2D eigenvalue weighted by Gasteiger charge is 2.37. The van der Waals surface area contributed by atoms with Crippen molar-refractivity contribution in [3.63, 3.8) is 0 Å². The second-order valence-corrected chi connectivity index (χ2v) is 10.1. The minimum absolute atomic E-state index is 0.0705. The second kappa shape index (κ2) is 8.62. The summed E-state index contributed by atoms with van der Waals surface area (Å²) in [6, 6.07) is 8.03. The van der Waals surface area contributed by atoms with Crippen LogP contribution in [-0.2, 0) is 11.1 Å². The maximum Gasteiger partial charge on any atom is 0.341 e. The molecular weight excluding hydrogens is 476 g/mol. The highest BCUT2D eigenvalue weighted by Crippen LogP contribution is 2.38. The first kappa shape index (κ1) is 24.6. The molecule has 35 heavy (non-hydrogen) atoms. The van der Waals surface area contributed by atoms with Crippen molar-refractivity contribution in [2.45, 2.75) is 44.8 Å². The molecule has 2 aromatic heterocycles. The summed E-state index contributed by atoms with van der Waals surface area (Å²) in [5, 5.41) is 33.1. The summed E-state index contributed by atoms with van der Waals surface area (Å²) in [5.41, 5.74) is -2.61. The van der Waals surface area contributed by atoms with Gasteiger partial charge >= 0.3 is 11.7 Å². The maximum atomic E-state index is 12.9. The fourth-order valence-corrected chi connectivity index (χ4v) is 4.52. The molecule has 0 bridgehead atoms. The Morgan fingerprint density at radius 1 is 1.20 bits per heavy atom. The molecule has 0 spiro atoms. The van der Waals surface area contributed by atoms with Crippen LogP contribution in [0, 0.1) is 10.1 Å². The van der Waals surface area contributed by atoms with E-state index in [0.29, 0.717) is 23.4 Å². The molecule has 0 aliphatic carbocycles. The molecule has 184 valence electrons. The maximum absolute atomic E-state index is 12.9. The number of nitrogens with zero attached hydrogens (tertiary/aromatic N) is 4. The molecule has 1 aromatic carbocycles. The van der Waals surface area contributed by atoms with E-state index >= 15 is 0 Å². The van der Waals surface area contributed by atoms with Crippen LogP contribution in [0.25, 0.3) is 11.0 Å². The monoisotopic (exact) mass is 500 g/mol. The van der Waals surface area contributed by atoms with E-state index in [1.165, 1.54) is 6.20 Å². The summed E-state index contributed by atoms with van der Waals surface area (Å²) >= 11 is 5.96. The number of aromatic carboxylic acids is 1. The third-order valence-electron chi connectivity index (χ3n) is 6.36. The Balaban J connectivity index is 1.82. The minimum Gasteiger partial charge on any atom is -0.477 e. The summed E-state index contributed by atoms with van der Waals surface area (Å²) in [5.74, 6) is -1.35. The van der Waals surface area contributed by atoms with Crippen LogP contribution in [0.3, 0.4) is 0 Å². The molecule has 1 fully saturated rings. The Morgan fingerprint density at radius 2 is 1.80 bits per heavy atom. The Kier molecular flexibility index (Phi) is 6.06. The van der Waals surface area contributed by atoms with Gasteiger partial charge in [-0.05, 0) is 51.3 Å². The van der Waals surface area contributed by atoms with Crippen LogP contribution in [0.2, 0.25) is 5.02 Å². The lowest BCUT2D eigenvalue weighted by Gasteiger charge is -2.39. The third kappa shape index (κ3) is 4.46. The van der Waals surface area contributed by atoms with Gasteiger partial charge < -0.3 is 19.7 Å². The molecule has 1 aliphatic heterocycles. The number of rotatable bonds is 4. The van der Waals surface area contributed by atoms with Crippen LogP contribution in [-0.4, -0.2) is 43.7 Å². The standard InChI is InChI=1S/C24H25ClN4O6/c1-23(2,3)28-13-17(22(31)32)19(30)16-12-18(29(34)35)21(26-20(16)28)27-10-8-24(33,9-11-27)14-4-6-15(25)7-5-14/h4-7,12-13,33H,8-11H2,1-3H3,(H,31,32). The normalized spacial score (nSPS) is 15.9. The first-order valence-electron chi connectivity index (χ1n) is 11.0. The number of halogens is 1. The average Bonchev–Trinajstić information content (AvgIpc) is 2.78. The number of aromatic nitrogens is 2.